The van der Waals surface area contributed by atoms with Crippen LogP contribution in [-0.2, 0) is 4.79 Å². The molecule has 0 unspecified atom stereocenters. The Morgan fingerprint density at radius 1 is 1.23 bits per heavy atom. The number of aromatic nitrogens is 4. The lowest BCUT2D eigenvalue weighted by Gasteiger charge is -2.17. The van der Waals surface area contributed by atoms with Gasteiger partial charge in [-0.25, -0.2) is 19.0 Å². The van der Waals surface area contributed by atoms with Crippen LogP contribution in [0.5, 0.6) is 0 Å². The Labute approximate surface area is 155 Å². The number of carbonyl (C=O) groups is 1. The Bertz CT molecular complexity index is 910. The van der Waals surface area contributed by atoms with Crippen molar-refractivity contribution in [2.24, 2.45) is 5.92 Å². The average Bonchev–Trinajstić information content (AvgIpc) is 3.05. The number of amides is 1. The number of nitrogens with zero attached hydrogens (tertiary/aromatic N) is 4. The van der Waals surface area contributed by atoms with Crippen LogP contribution in [0.25, 0.3) is 16.7 Å². The van der Waals surface area contributed by atoms with Gasteiger partial charge in [-0.05, 0) is 37.1 Å². The number of hydrogen-bond acceptors (Lipinski definition) is 5. The van der Waals surface area contributed by atoms with Gasteiger partial charge in [0.25, 0.3) is 0 Å². The van der Waals surface area contributed by atoms with Crippen LogP contribution in [-0.4, -0.2) is 37.5 Å². The lowest BCUT2D eigenvalue weighted by Crippen LogP contribution is -2.37. The standard InChI is InChI=1S/C18H20FN5OS/c1-11(2)12(3)23-16(25)9-26-18-15-8-22-24(17(15)20-10-21-18)14-6-4-13(19)5-7-14/h4-8,10-12H,9H2,1-3H3,(H,23,25)/t12-/m1/s1. The molecule has 1 N–H and O–H groups in total. The number of carbonyl (C=O) groups excluding carboxylic acids is 1. The van der Waals surface area contributed by atoms with Crippen LogP contribution in [0.4, 0.5) is 4.39 Å². The second-order valence-electron chi connectivity index (χ2n) is 6.34. The molecule has 0 bridgehead atoms. The van der Waals surface area contributed by atoms with E-state index in [9.17, 15) is 9.18 Å². The van der Waals surface area contributed by atoms with Crippen molar-refractivity contribution in [1.29, 1.82) is 0 Å². The number of thioether (sulfide) groups is 1. The maximum absolute atomic E-state index is 13.1. The summed E-state index contributed by atoms with van der Waals surface area (Å²) in [5, 5.41) is 8.75. The third-order valence-electron chi connectivity index (χ3n) is 4.13. The van der Waals surface area contributed by atoms with Crippen molar-refractivity contribution in [1.82, 2.24) is 25.1 Å². The Balaban J connectivity index is 1.78. The van der Waals surface area contributed by atoms with E-state index in [1.165, 1.54) is 30.2 Å². The summed E-state index contributed by atoms with van der Waals surface area (Å²) in [5.41, 5.74) is 1.32. The van der Waals surface area contributed by atoms with Gasteiger partial charge in [0.15, 0.2) is 5.65 Å². The van der Waals surface area contributed by atoms with Crippen molar-refractivity contribution in [2.75, 3.05) is 5.75 Å². The first-order chi connectivity index (χ1) is 12.5. The summed E-state index contributed by atoms with van der Waals surface area (Å²) < 4.78 is 14.8. The number of hydrogen-bond donors (Lipinski definition) is 1. The molecular weight excluding hydrogens is 353 g/mol. The van der Waals surface area contributed by atoms with E-state index in [2.05, 4.69) is 34.2 Å². The minimum atomic E-state index is -0.308. The number of rotatable bonds is 6. The maximum Gasteiger partial charge on any atom is 0.230 e. The highest BCUT2D eigenvalue weighted by molar-refractivity contribution is 8.00. The van der Waals surface area contributed by atoms with Gasteiger partial charge in [-0.1, -0.05) is 25.6 Å². The number of fused-ring (bicyclic) bond motifs is 1. The van der Waals surface area contributed by atoms with Gasteiger partial charge in [-0.2, -0.15) is 5.10 Å². The highest BCUT2D eigenvalue weighted by Crippen LogP contribution is 2.25. The van der Waals surface area contributed by atoms with Crippen molar-refractivity contribution in [3.8, 4) is 5.69 Å². The SMILES string of the molecule is CC(C)[C@@H](C)NC(=O)CSc1ncnc2c1cnn2-c1ccc(F)cc1. The molecule has 0 aliphatic heterocycles. The summed E-state index contributed by atoms with van der Waals surface area (Å²) in [5.74, 6) is 0.306. The first-order valence-corrected chi connectivity index (χ1v) is 9.31. The molecule has 0 spiro atoms. The van der Waals surface area contributed by atoms with Crippen LogP contribution < -0.4 is 5.32 Å². The molecule has 6 nitrogen and oxygen atoms in total. The summed E-state index contributed by atoms with van der Waals surface area (Å²) in [6.07, 6.45) is 3.11. The van der Waals surface area contributed by atoms with E-state index in [0.29, 0.717) is 22.3 Å². The first-order valence-electron chi connectivity index (χ1n) is 8.32. The molecule has 0 aliphatic rings. The summed E-state index contributed by atoms with van der Waals surface area (Å²) in [7, 11) is 0. The topological polar surface area (TPSA) is 72.7 Å². The first kappa shape index (κ1) is 18.3. The molecule has 136 valence electrons. The summed E-state index contributed by atoms with van der Waals surface area (Å²) in [6.45, 7) is 6.12. The van der Waals surface area contributed by atoms with Crippen molar-refractivity contribution < 1.29 is 9.18 Å². The van der Waals surface area contributed by atoms with E-state index < -0.39 is 0 Å². The molecule has 0 aliphatic carbocycles. The van der Waals surface area contributed by atoms with E-state index >= 15 is 0 Å². The molecule has 2 aromatic heterocycles. The summed E-state index contributed by atoms with van der Waals surface area (Å²) in [4.78, 5) is 20.6. The molecule has 2 heterocycles. The van der Waals surface area contributed by atoms with E-state index in [1.54, 1.807) is 23.0 Å². The Hall–Kier alpha value is -2.48. The molecule has 1 atom stereocenters. The highest BCUT2D eigenvalue weighted by atomic mass is 32.2. The lowest BCUT2D eigenvalue weighted by atomic mass is 10.1. The molecule has 8 heteroatoms. The Morgan fingerprint density at radius 3 is 2.65 bits per heavy atom. The monoisotopic (exact) mass is 373 g/mol. The average molecular weight is 373 g/mol. The minimum absolute atomic E-state index is 0.0334. The van der Waals surface area contributed by atoms with Crippen molar-refractivity contribution in [3.05, 3.63) is 42.6 Å². The number of nitrogens with one attached hydrogen (secondary N) is 1. The van der Waals surface area contributed by atoms with E-state index in [4.69, 9.17) is 0 Å². The van der Waals surface area contributed by atoms with Gasteiger partial charge in [-0.15, -0.1) is 0 Å². The molecule has 0 saturated carbocycles. The van der Waals surface area contributed by atoms with Crippen LogP contribution in [0.15, 0.2) is 41.8 Å². The fourth-order valence-electron chi connectivity index (χ4n) is 2.31. The normalized spacial score (nSPS) is 12.5. The molecule has 1 amide bonds. The zero-order valence-electron chi connectivity index (χ0n) is 14.8. The van der Waals surface area contributed by atoms with Gasteiger partial charge >= 0.3 is 0 Å². The van der Waals surface area contributed by atoms with Gasteiger partial charge < -0.3 is 5.32 Å². The molecule has 3 aromatic rings. The van der Waals surface area contributed by atoms with Crippen LogP contribution in [0.2, 0.25) is 0 Å². The predicted octanol–water partition coefficient (Wildman–Crippen LogP) is 3.21. The Morgan fingerprint density at radius 2 is 1.96 bits per heavy atom. The van der Waals surface area contributed by atoms with Crippen LogP contribution >= 0.6 is 11.8 Å². The maximum atomic E-state index is 13.1. The zero-order valence-corrected chi connectivity index (χ0v) is 15.6. The van der Waals surface area contributed by atoms with E-state index in [0.717, 1.165) is 5.39 Å². The van der Waals surface area contributed by atoms with Crippen molar-refractivity contribution in [2.45, 2.75) is 31.8 Å². The molecule has 0 saturated heterocycles. The quantitative estimate of drug-likeness (QED) is 0.531. The highest BCUT2D eigenvalue weighted by Gasteiger charge is 2.15. The smallest absolute Gasteiger partial charge is 0.230 e. The molecular formula is C18H20FN5OS. The van der Waals surface area contributed by atoms with Crippen molar-refractivity contribution in [3.63, 3.8) is 0 Å². The predicted molar refractivity (Wildman–Crippen MR) is 99.8 cm³/mol. The van der Waals surface area contributed by atoms with E-state index in [1.807, 2.05) is 6.92 Å². The molecule has 0 radical (unpaired) electrons. The second kappa shape index (κ2) is 7.82. The Kier molecular flexibility index (Phi) is 5.51. The molecule has 0 fully saturated rings. The largest absolute Gasteiger partial charge is 0.353 e. The van der Waals surface area contributed by atoms with Gasteiger partial charge in [-0.3, -0.25) is 4.79 Å². The van der Waals surface area contributed by atoms with E-state index in [-0.39, 0.29) is 23.5 Å². The fourth-order valence-corrected chi connectivity index (χ4v) is 3.08. The molecule has 3 rings (SSSR count). The van der Waals surface area contributed by atoms with Crippen molar-refractivity contribution >= 4 is 28.7 Å². The summed E-state index contributed by atoms with van der Waals surface area (Å²) >= 11 is 1.35. The van der Waals surface area contributed by atoms with Gasteiger partial charge in [0.1, 0.15) is 17.2 Å². The fraction of sp³-hybridized carbons (Fsp3) is 0.333. The molecule has 26 heavy (non-hydrogen) atoms. The van der Waals surface area contributed by atoms with Gasteiger partial charge in [0.2, 0.25) is 5.91 Å². The number of benzene rings is 1. The lowest BCUT2D eigenvalue weighted by molar-refractivity contribution is -0.119. The van der Waals surface area contributed by atoms with Crippen LogP contribution in [0.1, 0.15) is 20.8 Å². The van der Waals surface area contributed by atoms with Crippen LogP contribution in [0.3, 0.4) is 0 Å². The molecule has 1 aromatic carbocycles. The van der Waals surface area contributed by atoms with Crippen LogP contribution in [0, 0.1) is 11.7 Å². The van der Waals surface area contributed by atoms with Gasteiger partial charge in [0, 0.05) is 6.04 Å². The zero-order chi connectivity index (χ0) is 18.7. The second-order valence-corrected chi connectivity index (χ2v) is 7.30. The van der Waals surface area contributed by atoms with Gasteiger partial charge in [0.05, 0.1) is 23.0 Å². The number of halogens is 1. The third-order valence-corrected chi connectivity index (χ3v) is 5.13. The minimum Gasteiger partial charge on any atom is -0.353 e. The third kappa shape index (κ3) is 4.01. The summed E-state index contributed by atoms with van der Waals surface area (Å²) in [6, 6.07) is 6.14.